The van der Waals surface area contributed by atoms with Gasteiger partial charge < -0.3 is 10.4 Å². The lowest BCUT2D eigenvalue weighted by molar-refractivity contribution is 0.247. The standard InChI is InChI=1S/C16H25N3OS/c1-10(2)7-13(5-6-20)8-17-15-14-11(3)9-21-16(14)19-12(4)18-15/h9-10,13,20H,5-8H2,1-4H3,(H,17,18,19). The van der Waals surface area contributed by atoms with Gasteiger partial charge in [0.2, 0.25) is 0 Å². The average Bonchev–Trinajstić information content (AvgIpc) is 2.77. The van der Waals surface area contributed by atoms with Crippen LogP contribution in [0.15, 0.2) is 5.38 Å². The maximum atomic E-state index is 9.22. The van der Waals surface area contributed by atoms with E-state index in [1.807, 2.05) is 6.92 Å². The summed E-state index contributed by atoms with van der Waals surface area (Å²) in [6.45, 7) is 9.57. The van der Waals surface area contributed by atoms with Gasteiger partial charge in [0, 0.05) is 13.2 Å². The van der Waals surface area contributed by atoms with Crippen molar-refractivity contribution in [2.75, 3.05) is 18.5 Å². The Kier molecular flexibility index (Phi) is 5.53. The highest BCUT2D eigenvalue weighted by atomic mass is 32.1. The van der Waals surface area contributed by atoms with Crippen molar-refractivity contribution in [1.29, 1.82) is 0 Å². The lowest BCUT2D eigenvalue weighted by atomic mass is 9.94. The van der Waals surface area contributed by atoms with Gasteiger partial charge in [-0.25, -0.2) is 9.97 Å². The molecule has 4 nitrogen and oxygen atoms in total. The van der Waals surface area contributed by atoms with Crippen LogP contribution >= 0.6 is 11.3 Å². The highest BCUT2D eigenvalue weighted by Gasteiger charge is 2.14. The maximum absolute atomic E-state index is 9.22. The number of hydrogen-bond donors (Lipinski definition) is 2. The molecule has 116 valence electrons. The van der Waals surface area contributed by atoms with E-state index >= 15 is 0 Å². The normalized spacial score (nSPS) is 13.0. The van der Waals surface area contributed by atoms with Gasteiger partial charge >= 0.3 is 0 Å². The Morgan fingerprint density at radius 2 is 2.05 bits per heavy atom. The molecule has 1 unspecified atom stereocenters. The number of aliphatic hydroxyl groups excluding tert-OH is 1. The molecule has 2 aromatic heterocycles. The SMILES string of the molecule is Cc1nc(NCC(CCO)CC(C)C)c2c(C)csc2n1. The number of fused-ring (bicyclic) bond motifs is 1. The van der Waals surface area contributed by atoms with Crippen LogP contribution in [0.1, 0.15) is 38.1 Å². The number of aromatic nitrogens is 2. The Bertz CT molecular complexity index is 594. The zero-order valence-corrected chi connectivity index (χ0v) is 14.1. The molecular weight excluding hydrogens is 282 g/mol. The number of nitrogens with one attached hydrogen (secondary N) is 1. The predicted octanol–water partition coefficient (Wildman–Crippen LogP) is 3.76. The molecule has 2 aromatic rings. The zero-order valence-electron chi connectivity index (χ0n) is 13.3. The van der Waals surface area contributed by atoms with E-state index in [-0.39, 0.29) is 6.61 Å². The van der Waals surface area contributed by atoms with Crippen LogP contribution in [0.2, 0.25) is 0 Å². The van der Waals surface area contributed by atoms with Crippen LogP contribution in [0.5, 0.6) is 0 Å². The molecule has 0 aliphatic rings. The van der Waals surface area contributed by atoms with Crippen LogP contribution in [-0.4, -0.2) is 28.2 Å². The van der Waals surface area contributed by atoms with Crippen molar-refractivity contribution in [3.8, 4) is 0 Å². The molecule has 2 heterocycles. The number of aryl methyl sites for hydroxylation is 2. The van der Waals surface area contributed by atoms with Crippen LogP contribution in [0.4, 0.5) is 5.82 Å². The van der Waals surface area contributed by atoms with E-state index < -0.39 is 0 Å². The summed E-state index contributed by atoms with van der Waals surface area (Å²) < 4.78 is 0. The minimum Gasteiger partial charge on any atom is -0.396 e. The van der Waals surface area contributed by atoms with Gasteiger partial charge in [-0.05, 0) is 49.5 Å². The average molecular weight is 307 g/mol. The van der Waals surface area contributed by atoms with Crippen LogP contribution < -0.4 is 5.32 Å². The number of nitrogens with zero attached hydrogens (tertiary/aromatic N) is 2. The molecular formula is C16H25N3OS. The molecule has 0 saturated heterocycles. The minimum absolute atomic E-state index is 0.245. The van der Waals surface area contributed by atoms with Crippen molar-refractivity contribution in [2.24, 2.45) is 11.8 Å². The summed E-state index contributed by atoms with van der Waals surface area (Å²) in [6.07, 6.45) is 1.95. The summed E-state index contributed by atoms with van der Waals surface area (Å²) in [5.74, 6) is 2.84. The van der Waals surface area contributed by atoms with Gasteiger partial charge in [-0.1, -0.05) is 13.8 Å². The van der Waals surface area contributed by atoms with Crippen LogP contribution in [-0.2, 0) is 0 Å². The molecule has 0 saturated carbocycles. The molecule has 2 N–H and O–H groups in total. The first kappa shape index (κ1) is 16.2. The van der Waals surface area contributed by atoms with Crippen molar-refractivity contribution in [3.63, 3.8) is 0 Å². The van der Waals surface area contributed by atoms with Gasteiger partial charge in [-0.15, -0.1) is 11.3 Å². The summed E-state index contributed by atoms with van der Waals surface area (Å²) in [7, 11) is 0. The first-order valence-electron chi connectivity index (χ1n) is 7.58. The Hall–Kier alpha value is -1.20. The van der Waals surface area contributed by atoms with Gasteiger partial charge in [0.05, 0.1) is 5.39 Å². The van der Waals surface area contributed by atoms with Gasteiger partial charge in [-0.2, -0.15) is 0 Å². The Morgan fingerprint density at radius 3 is 2.71 bits per heavy atom. The molecule has 0 aliphatic heterocycles. The number of hydrogen-bond acceptors (Lipinski definition) is 5. The van der Waals surface area contributed by atoms with E-state index in [2.05, 4.69) is 41.4 Å². The molecule has 5 heteroatoms. The summed E-state index contributed by atoms with van der Waals surface area (Å²) in [6, 6.07) is 0. The van der Waals surface area contributed by atoms with Crippen molar-refractivity contribution in [1.82, 2.24) is 9.97 Å². The Labute approximate surface area is 130 Å². The summed E-state index contributed by atoms with van der Waals surface area (Å²) >= 11 is 1.67. The molecule has 0 fully saturated rings. The van der Waals surface area contributed by atoms with E-state index in [1.54, 1.807) is 11.3 Å². The smallest absolute Gasteiger partial charge is 0.138 e. The zero-order chi connectivity index (χ0) is 15.4. The van der Waals surface area contributed by atoms with E-state index in [0.29, 0.717) is 11.8 Å². The number of anilines is 1. The summed E-state index contributed by atoms with van der Waals surface area (Å²) in [5, 5.41) is 16.0. The van der Waals surface area contributed by atoms with Gasteiger partial charge in [0.1, 0.15) is 16.5 Å². The van der Waals surface area contributed by atoms with Crippen molar-refractivity contribution in [2.45, 2.75) is 40.5 Å². The van der Waals surface area contributed by atoms with Crippen molar-refractivity contribution in [3.05, 3.63) is 16.8 Å². The van der Waals surface area contributed by atoms with E-state index in [1.165, 1.54) is 5.56 Å². The van der Waals surface area contributed by atoms with Gasteiger partial charge in [-0.3, -0.25) is 0 Å². The molecule has 21 heavy (non-hydrogen) atoms. The van der Waals surface area contributed by atoms with E-state index in [0.717, 1.165) is 41.2 Å². The molecule has 0 spiro atoms. The van der Waals surface area contributed by atoms with Gasteiger partial charge in [0.25, 0.3) is 0 Å². The summed E-state index contributed by atoms with van der Waals surface area (Å²) in [5.41, 5.74) is 1.22. The van der Waals surface area contributed by atoms with E-state index in [4.69, 9.17) is 0 Å². The molecule has 0 aliphatic carbocycles. The van der Waals surface area contributed by atoms with Gasteiger partial charge in [0.15, 0.2) is 0 Å². The summed E-state index contributed by atoms with van der Waals surface area (Å²) in [4.78, 5) is 10.1. The fraction of sp³-hybridized carbons (Fsp3) is 0.625. The predicted molar refractivity (Wildman–Crippen MR) is 90.0 cm³/mol. The Balaban J connectivity index is 2.16. The van der Waals surface area contributed by atoms with Crippen LogP contribution in [0, 0.1) is 25.7 Å². The van der Waals surface area contributed by atoms with E-state index in [9.17, 15) is 5.11 Å². The fourth-order valence-electron chi connectivity index (χ4n) is 2.71. The second-order valence-corrected chi connectivity index (χ2v) is 6.97. The monoisotopic (exact) mass is 307 g/mol. The molecule has 1 atom stereocenters. The molecule has 0 bridgehead atoms. The highest BCUT2D eigenvalue weighted by Crippen LogP contribution is 2.29. The highest BCUT2D eigenvalue weighted by molar-refractivity contribution is 7.17. The molecule has 0 radical (unpaired) electrons. The maximum Gasteiger partial charge on any atom is 0.138 e. The van der Waals surface area contributed by atoms with Crippen LogP contribution in [0.3, 0.4) is 0 Å². The largest absolute Gasteiger partial charge is 0.396 e. The number of thiophene rings is 1. The quantitative estimate of drug-likeness (QED) is 0.817. The first-order chi connectivity index (χ1) is 10.0. The third-order valence-corrected chi connectivity index (χ3v) is 4.62. The molecule has 2 rings (SSSR count). The van der Waals surface area contributed by atoms with Crippen molar-refractivity contribution >= 4 is 27.4 Å². The molecule has 0 aromatic carbocycles. The minimum atomic E-state index is 0.245. The number of rotatable bonds is 7. The number of aliphatic hydroxyl groups is 1. The lowest BCUT2D eigenvalue weighted by Gasteiger charge is -2.19. The third-order valence-electron chi connectivity index (χ3n) is 3.63. The third kappa shape index (κ3) is 4.14. The first-order valence-corrected chi connectivity index (χ1v) is 8.46. The lowest BCUT2D eigenvalue weighted by Crippen LogP contribution is -2.18. The second-order valence-electron chi connectivity index (χ2n) is 6.11. The van der Waals surface area contributed by atoms with Crippen molar-refractivity contribution < 1.29 is 5.11 Å². The second kappa shape index (κ2) is 7.18. The fourth-order valence-corrected chi connectivity index (χ4v) is 3.68. The Morgan fingerprint density at radius 1 is 1.29 bits per heavy atom. The van der Waals surface area contributed by atoms with Crippen LogP contribution in [0.25, 0.3) is 10.2 Å². The molecule has 0 amide bonds. The topological polar surface area (TPSA) is 58.0 Å².